The Morgan fingerprint density at radius 3 is 2.59 bits per heavy atom. The van der Waals surface area contributed by atoms with Gasteiger partial charge >= 0.3 is 0 Å². The summed E-state index contributed by atoms with van der Waals surface area (Å²) in [6, 6.07) is 6.97. The highest BCUT2D eigenvalue weighted by atomic mass is 19.1. The molecule has 0 aliphatic rings. The number of anilines is 2. The second-order valence-corrected chi connectivity index (χ2v) is 3.54. The molecule has 0 unspecified atom stereocenters. The Labute approximate surface area is 97.0 Å². The van der Waals surface area contributed by atoms with Crippen LogP contribution < -0.4 is 11.1 Å². The maximum absolute atomic E-state index is 12.7. The average Bonchev–Trinajstić information content (AvgIpc) is 2.61. The van der Waals surface area contributed by atoms with Crippen LogP contribution in [0.15, 0.2) is 30.3 Å². The minimum absolute atomic E-state index is 0.275. The number of aryl methyl sites for hydroxylation is 1. The van der Waals surface area contributed by atoms with E-state index in [9.17, 15) is 9.18 Å². The maximum atomic E-state index is 12.7. The van der Waals surface area contributed by atoms with Crippen LogP contribution in [0.3, 0.4) is 0 Å². The number of hydrogen-bond donors (Lipinski definition) is 2. The highest BCUT2D eigenvalue weighted by Gasteiger charge is 2.12. The molecule has 0 aliphatic heterocycles. The molecule has 17 heavy (non-hydrogen) atoms. The second-order valence-electron chi connectivity index (χ2n) is 3.54. The van der Waals surface area contributed by atoms with Gasteiger partial charge in [-0.15, -0.1) is 0 Å². The van der Waals surface area contributed by atoms with Crippen molar-refractivity contribution in [1.29, 1.82) is 0 Å². The number of amides is 1. The summed E-state index contributed by atoms with van der Waals surface area (Å²) in [5.41, 5.74) is 6.32. The number of rotatable bonds is 2. The molecule has 0 aliphatic carbocycles. The SMILES string of the molecule is Cn1nc(N)cc1C(=O)Nc1ccc(F)cc1. The summed E-state index contributed by atoms with van der Waals surface area (Å²) in [7, 11) is 1.62. The molecule has 1 amide bonds. The molecule has 2 rings (SSSR count). The fourth-order valence-corrected chi connectivity index (χ4v) is 1.43. The number of hydrogen-bond acceptors (Lipinski definition) is 3. The van der Waals surface area contributed by atoms with Crippen LogP contribution >= 0.6 is 0 Å². The van der Waals surface area contributed by atoms with E-state index in [1.54, 1.807) is 7.05 Å². The third-order valence-corrected chi connectivity index (χ3v) is 2.23. The standard InChI is InChI=1S/C11H11FN4O/c1-16-9(6-10(13)15-16)11(17)14-8-4-2-7(12)3-5-8/h2-6H,1H3,(H2,13,15)(H,14,17). The summed E-state index contributed by atoms with van der Waals surface area (Å²) in [6.45, 7) is 0. The largest absolute Gasteiger partial charge is 0.382 e. The molecule has 0 atom stereocenters. The van der Waals surface area contributed by atoms with Crippen molar-refractivity contribution in [2.45, 2.75) is 0 Å². The zero-order valence-corrected chi connectivity index (χ0v) is 9.14. The monoisotopic (exact) mass is 234 g/mol. The fraction of sp³-hybridized carbons (Fsp3) is 0.0909. The number of halogens is 1. The van der Waals surface area contributed by atoms with E-state index in [0.717, 1.165) is 0 Å². The van der Waals surface area contributed by atoms with Gasteiger partial charge in [-0.3, -0.25) is 9.48 Å². The third-order valence-electron chi connectivity index (χ3n) is 2.23. The van der Waals surface area contributed by atoms with Crippen LogP contribution in [0.1, 0.15) is 10.5 Å². The number of carbonyl (C=O) groups is 1. The molecule has 1 heterocycles. The molecule has 0 radical (unpaired) electrons. The molecule has 0 fully saturated rings. The molecule has 1 aromatic carbocycles. The van der Waals surface area contributed by atoms with Gasteiger partial charge < -0.3 is 11.1 Å². The number of nitrogen functional groups attached to an aromatic ring is 1. The van der Waals surface area contributed by atoms with Gasteiger partial charge in [0.25, 0.3) is 5.91 Å². The van der Waals surface area contributed by atoms with E-state index in [2.05, 4.69) is 10.4 Å². The van der Waals surface area contributed by atoms with Crippen LogP contribution in [-0.4, -0.2) is 15.7 Å². The molecule has 5 nitrogen and oxygen atoms in total. The van der Waals surface area contributed by atoms with Crippen LogP contribution in [0.5, 0.6) is 0 Å². The molecule has 2 aromatic rings. The molecule has 0 bridgehead atoms. The summed E-state index contributed by atoms with van der Waals surface area (Å²) in [6.07, 6.45) is 0. The van der Waals surface area contributed by atoms with E-state index < -0.39 is 0 Å². The molecule has 88 valence electrons. The molecule has 0 spiro atoms. The molecule has 0 saturated carbocycles. The Balaban J connectivity index is 2.17. The van der Waals surface area contributed by atoms with Crippen molar-refractivity contribution in [1.82, 2.24) is 9.78 Å². The minimum atomic E-state index is -0.354. The van der Waals surface area contributed by atoms with Crippen molar-refractivity contribution in [3.05, 3.63) is 41.8 Å². The smallest absolute Gasteiger partial charge is 0.274 e. The predicted octanol–water partition coefficient (Wildman–Crippen LogP) is 1.39. The Hall–Kier alpha value is -2.37. The van der Waals surface area contributed by atoms with Crippen LogP contribution in [0.4, 0.5) is 15.9 Å². The van der Waals surface area contributed by atoms with Crippen molar-refractivity contribution in [3.63, 3.8) is 0 Å². The lowest BCUT2D eigenvalue weighted by Crippen LogP contribution is -2.15. The number of nitrogens with zero attached hydrogens (tertiary/aromatic N) is 2. The van der Waals surface area contributed by atoms with Gasteiger partial charge in [-0.05, 0) is 24.3 Å². The van der Waals surface area contributed by atoms with Crippen molar-refractivity contribution < 1.29 is 9.18 Å². The Morgan fingerprint density at radius 2 is 2.06 bits per heavy atom. The lowest BCUT2D eigenvalue weighted by atomic mass is 10.3. The van der Waals surface area contributed by atoms with E-state index in [-0.39, 0.29) is 17.5 Å². The van der Waals surface area contributed by atoms with Crippen LogP contribution in [0.25, 0.3) is 0 Å². The molecule has 1 aromatic heterocycles. The number of carbonyl (C=O) groups excluding carboxylic acids is 1. The first-order valence-corrected chi connectivity index (χ1v) is 4.92. The van der Waals surface area contributed by atoms with Crippen LogP contribution in [0, 0.1) is 5.82 Å². The first kappa shape index (κ1) is 11.1. The number of aromatic nitrogens is 2. The third kappa shape index (κ3) is 2.41. The van der Waals surface area contributed by atoms with E-state index in [1.165, 1.54) is 35.0 Å². The van der Waals surface area contributed by atoms with Crippen molar-refractivity contribution in [3.8, 4) is 0 Å². The number of nitrogens with one attached hydrogen (secondary N) is 1. The highest BCUT2D eigenvalue weighted by molar-refractivity contribution is 6.03. The fourth-order valence-electron chi connectivity index (χ4n) is 1.43. The summed E-state index contributed by atoms with van der Waals surface area (Å²) in [5.74, 6) is -0.423. The quantitative estimate of drug-likeness (QED) is 0.824. The average molecular weight is 234 g/mol. The normalized spacial score (nSPS) is 10.2. The van der Waals surface area contributed by atoms with E-state index >= 15 is 0 Å². The minimum Gasteiger partial charge on any atom is -0.382 e. The predicted molar refractivity (Wildman–Crippen MR) is 62.0 cm³/mol. The van der Waals surface area contributed by atoms with Gasteiger partial charge in [-0.1, -0.05) is 0 Å². The summed E-state index contributed by atoms with van der Waals surface area (Å²) < 4.78 is 14.1. The summed E-state index contributed by atoms with van der Waals surface area (Å²) >= 11 is 0. The van der Waals surface area contributed by atoms with Crippen molar-refractivity contribution in [2.75, 3.05) is 11.1 Å². The van der Waals surface area contributed by atoms with Gasteiger partial charge in [0.05, 0.1) is 0 Å². The second kappa shape index (κ2) is 4.25. The zero-order chi connectivity index (χ0) is 12.4. The molecule has 0 saturated heterocycles. The lowest BCUT2D eigenvalue weighted by Gasteiger charge is -2.04. The Morgan fingerprint density at radius 1 is 1.41 bits per heavy atom. The van der Waals surface area contributed by atoms with Gasteiger partial charge in [-0.25, -0.2) is 4.39 Å². The molecule has 3 N–H and O–H groups in total. The van der Waals surface area contributed by atoms with Gasteiger partial charge in [-0.2, -0.15) is 5.10 Å². The van der Waals surface area contributed by atoms with Crippen molar-refractivity contribution >= 4 is 17.4 Å². The first-order chi connectivity index (χ1) is 8.06. The molecule has 6 heteroatoms. The van der Waals surface area contributed by atoms with Crippen molar-refractivity contribution in [2.24, 2.45) is 7.05 Å². The zero-order valence-electron chi connectivity index (χ0n) is 9.14. The molecular weight excluding hydrogens is 223 g/mol. The van der Waals surface area contributed by atoms with E-state index in [0.29, 0.717) is 11.4 Å². The van der Waals surface area contributed by atoms with E-state index in [1.807, 2.05) is 0 Å². The summed E-state index contributed by atoms with van der Waals surface area (Å²) in [5, 5.41) is 6.48. The van der Waals surface area contributed by atoms with Gasteiger partial charge in [0.1, 0.15) is 17.3 Å². The molecular formula is C11H11FN4O. The lowest BCUT2D eigenvalue weighted by molar-refractivity contribution is 0.101. The van der Waals surface area contributed by atoms with E-state index in [4.69, 9.17) is 5.73 Å². The van der Waals surface area contributed by atoms with Gasteiger partial charge in [0.2, 0.25) is 0 Å². The van der Waals surface area contributed by atoms with Crippen LogP contribution in [-0.2, 0) is 7.05 Å². The topological polar surface area (TPSA) is 72.9 Å². The van der Waals surface area contributed by atoms with Gasteiger partial charge in [0, 0.05) is 18.8 Å². The number of benzene rings is 1. The van der Waals surface area contributed by atoms with Crippen LogP contribution in [0.2, 0.25) is 0 Å². The number of nitrogens with two attached hydrogens (primary N) is 1. The summed E-state index contributed by atoms with van der Waals surface area (Å²) in [4.78, 5) is 11.8. The highest BCUT2D eigenvalue weighted by Crippen LogP contribution is 2.11. The maximum Gasteiger partial charge on any atom is 0.274 e. The van der Waals surface area contributed by atoms with Gasteiger partial charge in [0.15, 0.2) is 0 Å². The Bertz CT molecular complexity index is 547. The Kier molecular flexibility index (Phi) is 2.78. The first-order valence-electron chi connectivity index (χ1n) is 4.92.